The van der Waals surface area contributed by atoms with Gasteiger partial charge in [-0.15, -0.1) is 0 Å². The average molecular weight is 167 g/mol. The highest BCUT2D eigenvalue weighted by atomic mass is 16.5. The fourth-order valence-electron chi connectivity index (χ4n) is 1.67. The lowest BCUT2D eigenvalue weighted by Gasteiger charge is -2.35. The van der Waals surface area contributed by atoms with E-state index in [9.17, 15) is 0 Å². The molecule has 1 unspecified atom stereocenters. The van der Waals surface area contributed by atoms with Crippen LogP contribution in [0.15, 0.2) is 0 Å². The number of hydrogen-bond acceptors (Lipinski definition) is 2. The largest absolute Gasteiger partial charge is 0.378 e. The third-order valence-electron chi connectivity index (χ3n) is 2.59. The van der Waals surface area contributed by atoms with Crippen LogP contribution in [0.3, 0.4) is 0 Å². The molecule has 12 heavy (non-hydrogen) atoms. The van der Waals surface area contributed by atoms with E-state index in [1.165, 1.54) is 12.8 Å². The molecule has 68 valence electrons. The Bertz CT molecular complexity index is 175. The van der Waals surface area contributed by atoms with Crippen molar-refractivity contribution in [2.75, 3.05) is 6.61 Å². The summed E-state index contributed by atoms with van der Waals surface area (Å²) in [5.41, 5.74) is 0.0369. The standard InChI is InChI=1S/C10H17NO/c1-10(2,6-7-11)9-5-3-4-8-12-9/h9H,3-6,8H2,1-2H3. The maximum absolute atomic E-state index is 8.63. The zero-order valence-electron chi connectivity index (χ0n) is 7.97. The molecule has 2 heteroatoms. The zero-order chi connectivity index (χ0) is 9.03. The van der Waals surface area contributed by atoms with E-state index in [0.717, 1.165) is 13.0 Å². The third-order valence-corrected chi connectivity index (χ3v) is 2.59. The molecule has 0 bridgehead atoms. The topological polar surface area (TPSA) is 33.0 Å². The van der Waals surface area contributed by atoms with Gasteiger partial charge in [-0.2, -0.15) is 5.26 Å². The molecule has 0 spiro atoms. The fourth-order valence-corrected chi connectivity index (χ4v) is 1.67. The molecule has 1 fully saturated rings. The van der Waals surface area contributed by atoms with Gasteiger partial charge in [0.2, 0.25) is 0 Å². The molecule has 1 atom stereocenters. The Morgan fingerprint density at radius 1 is 1.50 bits per heavy atom. The van der Waals surface area contributed by atoms with Gasteiger partial charge in [-0.05, 0) is 19.3 Å². The molecule has 1 heterocycles. The van der Waals surface area contributed by atoms with Crippen molar-refractivity contribution < 1.29 is 4.74 Å². The number of ether oxygens (including phenoxy) is 1. The minimum Gasteiger partial charge on any atom is -0.378 e. The molecule has 2 nitrogen and oxygen atoms in total. The second-order valence-electron chi connectivity index (χ2n) is 4.18. The minimum atomic E-state index is 0.0369. The summed E-state index contributed by atoms with van der Waals surface area (Å²) in [6.07, 6.45) is 4.44. The van der Waals surface area contributed by atoms with E-state index in [1.54, 1.807) is 0 Å². The van der Waals surface area contributed by atoms with Crippen LogP contribution in [-0.2, 0) is 4.74 Å². The van der Waals surface area contributed by atoms with E-state index in [2.05, 4.69) is 19.9 Å². The lowest BCUT2D eigenvalue weighted by atomic mass is 9.80. The second-order valence-corrected chi connectivity index (χ2v) is 4.18. The van der Waals surface area contributed by atoms with Gasteiger partial charge in [0, 0.05) is 18.4 Å². The van der Waals surface area contributed by atoms with E-state index >= 15 is 0 Å². The smallest absolute Gasteiger partial charge is 0.0635 e. The van der Waals surface area contributed by atoms with Gasteiger partial charge in [0.25, 0.3) is 0 Å². The molecule has 1 aliphatic heterocycles. The molecule has 0 N–H and O–H groups in total. The van der Waals surface area contributed by atoms with Crippen LogP contribution in [0.5, 0.6) is 0 Å². The summed E-state index contributed by atoms with van der Waals surface area (Å²) < 4.78 is 5.64. The SMILES string of the molecule is CC(C)(CC#N)C1CCCCO1. The lowest BCUT2D eigenvalue weighted by molar-refractivity contribution is -0.0528. The van der Waals surface area contributed by atoms with Crippen molar-refractivity contribution in [1.29, 1.82) is 5.26 Å². The summed E-state index contributed by atoms with van der Waals surface area (Å²) in [6, 6.07) is 2.23. The molecule has 1 rings (SSSR count). The zero-order valence-corrected chi connectivity index (χ0v) is 7.97. The molecule has 0 amide bonds. The predicted octanol–water partition coefficient (Wildman–Crippen LogP) is 2.50. The molecule has 1 aliphatic rings. The summed E-state index contributed by atoms with van der Waals surface area (Å²) in [5, 5.41) is 8.63. The Morgan fingerprint density at radius 2 is 2.25 bits per heavy atom. The van der Waals surface area contributed by atoms with Gasteiger partial charge in [0.15, 0.2) is 0 Å². The predicted molar refractivity (Wildman–Crippen MR) is 47.6 cm³/mol. The van der Waals surface area contributed by atoms with E-state index in [4.69, 9.17) is 10.00 Å². The number of hydrogen-bond donors (Lipinski definition) is 0. The monoisotopic (exact) mass is 167 g/mol. The molecule has 0 aromatic carbocycles. The van der Waals surface area contributed by atoms with Crippen LogP contribution >= 0.6 is 0 Å². The Labute approximate surface area is 74.5 Å². The van der Waals surface area contributed by atoms with E-state index in [-0.39, 0.29) is 5.41 Å². The fraction of sp³-hybridized carbons (Fsp3) is 0.900. The minimum absolute atomic E-state index is 0.0369. The highest BCUT2D eigenvalue weighted by molar-refractivity contribution is 4.89. The van der Waals surface area contributed by atoms with E-state index in [0.29, 0.717) is 12.5 Å². The number of nitrogens with zero attached hydrogens (tertiary/aromatic N) is 1. The van der Waals surface area contributed by atoms with Crippen molar-refractivity contribution >= 4 is 0 Å². The summed E-state index contributed by atoms with van der Waals surface area (Å²) in [5.74, 6) is 0. The van der Waals surface area contributed by atoms with Gasteiger partial charge >= 0.3 is 0 Å². The normalized spacial score (nSPS) is 24.9. The summed E-state index contributed by atoms with van der Waals surface area (Å²) in [4.78, 5) is 0. The highest BCUT2D eigenvalue weighted by Crippen LogP contribution is 2.32. The molecular weight excluding hydrogens is 150 g/mol. The molecule has 0 aliphatic carbocycles. The Balaban J connectivity index is 2.48. The Morgan fingerprint density at radius 3 is 2.75 bits per heavy atom. The molecule has 0 saturated carbocycles. The van der Waals surface area contributed by atoms with Gasteiger partial charge in [-0.1, -0.05) is 13.8 Å². The van der Waals surface area contributed by atoms with Crippen molar-refractivity contribution in [3.05, 3.63) is 0 Å². The first kappa shape index (κ1) is 9.54. The first-order valence-corrected chi connectivity index (χ1v) is 4.65. The Hall–Kier alpha value is -0.550. The van der Waals surface area contributed by atoms with Crippen LogP contribution in [-0.4, -0.2) is 12.7 Å². The second kappa shape index (κ2) is 3.91. The lowest BCUT2D eigenvalue weighted by Crippen LogP contribution is -2.34. The van der Waals surface area contributed by atoms with Crippen LogP contribution in [0.25, 0.3) is 0 Å². The van der Waals surface area contributed by atoms with Gasteiger partial charge in [0.05, 0.1) is 12.2 Å². The Kier molecular flexibility index (Phi) is 3.11. The summed E-state index contributed by atoms with van der Waals surface area (Å²) >= 11 is 0. The van der Waals surface area contributed by atoms with Crippen molar-refractivity contribution in [3.63, 3.8) is 0 Å². The van der Waals surface area contributed by atoms with Crippen molar-refractivity contribution in [2.24, 2.45) is 5.41 Å². The van der Waals surface area contributed by atoms with Gasteiger partial charge < -0.3 is 4.74 Å². The number of nitriles is 1. The van der Waals surface area contributed by atoms with Crippen LogP contribution in [0.2, 0.25) is 0 Å². The van der Waals surface area contributed by atoms with Crippen LogP contribution < -0.4 is 0 Å². The van der Waals surface area contributed by atoms with Gasteiger partial charge in [-0.3, -0.25) is 0 Å². The highest BCUT2D eigenvalue weighted by Gasteiger charge is 2.31. The molecule has 0 radical (unpaired) electrons. The molecule has 0 aromatic heterocycles. The third kappa shape index (κ3) is 2.22. The first-order chi connectivity index (χ1) is 5.67. The van der Waals surface area contributed by atoms with Crippen molar-refractivity contribution in [2.45, 2.75) is 45.6 Å². The van der Waals surface area contributed by atoms with Gasteiger partial charge in [-0.25, -0.2) is 0 Å². The van der Waals surface area contributed by atoms with Crippen LogP contribution in [0.1, 0.15) is 39.5 Å². The van der Waals surface area contributed by atoms with Gasteiger partial charge in [0.1, 0.15) is 0 Å². The molecular formula is C10H17NO. The summed E-state index contributed by atoms with van der Waals surface area (Å²) in [7, 11) is 0. The molecule has 1 saturated heterocycles. The molecule has 0 aromatic rings. The first-order valence-electron chi connectivity index (χ1n) is 4.65. The maximum Gasteiger partial charge on any atom is 0.0635 e. The number of rotatable bonds is 2. The maximum atomic E-state index is 8.63. The van der Waals surface area contributed by atoms with Crippen LogP contribution in [0.4, 0.5) is 0 Å². The van der Waals surface area contributed by atoms with E-state index < -0.39 is 0 Å². The van der Waals surface area contributed by atoms with Crippen molar-refractivity contribution in [1.82, 2.24) is 0 Å². The summed E-state index contributed by atoms with van der Waals surface area (Å²) in [6.45, 7) is 5.11. The average Bonchev–Trinajstić information content (AvgIpc) is 2.06. The van der Waals surface area contributed by atoms with E-state index in [1.807, 2.05) is 0 Å². The van der Waals surface area contributed by atoms with Crippen molar-refractivity contribution in [3.8, 4) is 6.07 Å². The quantitative estimate of drug-likeness (QED) is 0.633. The van der Waals surface area contributed by atoms with Crippen LogP contribution in [0, 0.1) is 16.7 Å².